The molecule has 1 saturated heterocycles. The summed E-state index contributed by atoms with van der Waals surface area (Å²) in [7, 11) is 2.02. The molecule has 1 aliphatic heterocycles. The maximum absolute atomic E-state index is 13.1. The molecule has 1 unspecified atom stereocenters. The van der Waals surface area contributed by atoms with Crippen LogP contribution in [0.5, 0.6) is 0 Å². The summed E-state index contributed by atoms with van der Waals surface area (Å²) in [4.78, 5) is 21.5. The number of likely N-dealkylation sites (N-methyl/N-ethyl adjacent to an activating group) is 1. The Morgan fingerprint density at radius 2 is 2.00 bits per heavy atom. The van der Waals surface area contributed by atoms with Crippen molar-refractivity contribution in [1.82, 2.24) is 24.5 Å². The van der Waals surface area contributed by atoms with E-state index in [1.54, 1.807) is 6.92 Å². The average molecular weight is 345 g/mol. The van der Waals surface area contributed by atoms with Gasteiger partial charge in [0.05, 0.1) is 5.56 Å². The molecule has 2 aromatic rings. The minimum atomic E-state index is -0.0625. The lowest BCUT2D eigenvalue weighted by atomic mass is 10.1. The first-order valence-electron chi connectivity index (χ1n) is 8.77. The number of piperazine rings is 1. The molecule has 7 nitrogen and oxygen atoms in total. The maximum atomic E-state index is 13.1. The summed E-state index contributed by atoms with van der Waals surface area (Å²) in [5, 5.41) is 3.88. The van der Waals surface area contributed by atoms with E-state index in [1.165, 1.54) is 0 Å². The van der Waals surface area contributed by atoms with Crippen LogP contribution in [0.1, 0.15) is 59.4 Å². The van der Waals surface area contributed by atoms with E-state index in [4.69, 9.17) is 4.52 Å². The fourth-order valence-corrected chi connectivity index (χ4v) is 3.73. The van der Waals surface area contributed by atoms with Crippen LogP contribution in [-0.4, -0.2) is 57.1 Å². The van der Waals surface area contributed by atoms with E-state index in [9.17, 15) is 4.79 Å². The van der Waals surface area contributed by atoms with Gasteiger partial charge in [0.25, 0.3) is 5.91 Å². The quantitative estimate of drug-likeness (QED) is 0.855. The second-order valence-corrected chi connectivity index (χ2v) is 7.18. The van der Waals surface area contributed by atoms with Crippen molar-refractivity contribution in [1.29, 1.82) is 0 Å². The smallest absolute Gasteiger partial charge is 0.255 e. The molecule has 1 atom stereocenters. The number of carbonyl (C=O) groups is 1. The fraction of sp³-hybridized carbons (Fsp3) is 0.611. The summed E-state index contributed by atoms with van der Waals surface area (Å²) in [5.74, 6) is 1.27. The van der Waals surface area contributed by atoms with Crippen LogP contribution in [0.3, 0.4) is 0 Å². The summed E-state index contributed by atoms with van der Waals surface area (Å²) in [6.45, 7) is 12.2. The molecular formula is C18H27N5O2. The third-order valence-electron chi connectivity index (χ3n) is 4.99. The van der Waals surface area contributed by atoms with Crippen molar-refractivity contribution in [2.75, 3.05) is 26.7 Å². The normalized spacial score (nSPS) is 19.0. The summed E-state index contributed by atoms with van der Waals surface area (Å²) >= 11 is 0. The first kappa shape index (κ1) is 17.7. The molecule has 0 aromatic carbocycles. The lowest BCUT2D eigenvalue weighted by Gasteiger charge is -2.37. The van der Waals surface area contributed by atoms with Gasteiger partial charge in [-0.2, -0.15) is 4.98 Å². The van der Waals surface area contributed by atoms with Gasteiger partial charge < -0.3 is 14.0 Å². The van der Waals surface area contributed by atoms with Gasteiger partial charge in [0.1, 0.15) is 6.04 Å². The van der Waals surface area contributed by atoms with E-state index in [0.717, 1.165) is 23.5 Å². The molecule has 3 heterocycles. The van der Waals surface area contributed by atoms with Crippen molar-refractivity contribution in [3.05, 3.63) is 34.7 Å². The van der Waals surface area contributed by atoms with E-state index >= 15 is 0 Å². The van der Waals surface area contributed by atoms with Gasteiger partial charge in [-0.25, -0.2) is 0 Å². The molecule has 1 aliphatic rings. The van der Waals surface area contributed by atoms with Gasteiger partial charge in [-0.15, -0.1) is 0 Å². The highest BCUT2D eigenvalue weighted by atomic mass is 16.5. The summed E-state index contributed by atoms with van der Waals surface area (Å²) in [6.07, 6.45) is 0. The molecule has 0 aliphatic carbocycles. The van der Waals surface area contributed by atoms with Crippen molar-refractivity contribution in [2.45, 2.75) is 46.7 Å². The Labute approximate surface area is 148 Å². The SMILES string of the molecule is Cc1noc(C2CN(C(=O)c3cc(C)n(C(C)C)c3C)CCN2C)n1. The van der Waals surface area contributed by atoms with Crippen molar-refractivity contribution in [3.8, 4) is 0 Å². The fourth-order valence-electron chi connectivity index (χ4n) is 3.73. The van der Waals surface area contributed by atoms with Crippen LogP contribution in [0.2, 0.25) is 0 Å². The Morgan fingerprint density at radius 1 is 1.28 bits per heavy atom. The molecular weight excluding hydrogens is 318 g/mol. The highest BCUT2D eigenvalue weighted by Crippen LogP contribution is 2.26. The van der Waals surface area contributed by atoms with Gasteiger partial charge >= 0.3 is 0 Å². The zero-order valence-electron chi connectivity index (χ0n) is 15.9. The third-order valence-corrected chi connectivity index (χ3v) is 4.99. The van der Waals surface area contributed by atoms with E-state index < -0.39 is 0 Å². The molecule has 0 bridgehead atoms. The largest absolute Gasteiger partial charge is 0.346 e. The Morgan fingerprint density at radius 3 is 2.56 bits per heavy atom. The molecule has 7 heteroatoms. The molecule has 0 spiro atoms. The molecule has 0 saturated carbocycles. The van der Waals surface area contributed by atoms with Gasteiger partial charge in [0, 0.05) is 37.1 Å². The van der Waals surface area contributed by atoms with Crippen molar-refractivity contribution in [2.24, 2.45) is 0 Å². The van der Waals surface area contributed by atoms with Crippen LogP contribution < -0.4 is 0 Å². The monoisotopic (exact) mass is 345 g/mol. The van der Waals surface area contributed by atoms with Crippen LogP contribution in [0.4, 0.5) is 0 Å². The summed E-state index contributed by atoms with van der Waals surface area (Å²) in [6, 6.07) is 2.28. The van der Waals surface area contributed by atoms with Crippen LogP contribution in [0, 0.1) is 20.8 Å². The molecule has 25 heavy (non-hydrogen) atoms. The molecule has 1 fully saturated rings. The molecule has 2 aromatic heterocycles. The number of aromatic nitrogens is 3. The van der Waals surface area contributed by atoms with Crippen LogP contribution in [0.15, 0.2) is 10.6 Å². The second kappa shape index (κ2) is 6.63. The van der Waals surface area contributed by atoms with Crippen LogP contribution in [0.25, 0.3) is 0 Å². The Kier molecular flexibility index (Phi) is 4.69. The maximum Gasteiger partial charge on any atom is 0.255 e. The number of hydrogen-bond donors (Lipinski definition) is 0. The van der Waals surface area contributed by atoms with E-state index in [-0.39, 0.29) is 11.9 Å². The third kappa shape index (κ3) is 3.20. The molecule has 3 rings (SSSR count). The Hall–Kier alpha value is -2.15. The predicted octanol–water partition coefficient (Wildman–Crippen LogP) is 2.51. The standard InChI is InChI=1S/C18H27N5O2/c1-11(2)23-12(3)9-15(13(23)4)18(24)22-8-7-21(6)16(10-22)17-19-14(5)20-25-17/h9,11,16H,7-8,10H2,1-6H3. The predicted molar refractivity (Wildman–Crippen MR) is 94.6 cm³/mol. The van der Waals surface area contributed by atoms with Crippen molar-refractivity contribution in [3.63, 3.8) is 0 Å². The second-order valence-electron chi connectivity index (χ2n) is 7.18. The number of nitrogens with zero attached hydrogens (tertiary/aromatic N) is 5. The molecule has 136 valence electrons. The van der Waals surface area contributed by atoms with Gasteiger partial charge in [0.15, 0.2) is 5.82 Å². The molecule has 0 N–H and O–H groups in total. The van der Waals surface area contributed by atoms with Gasteiger partial charge in [0.2, 0.25) is 5.89 Å². The summed E-state index contributed by atoms with van der Waals surface area (Å²) in [5.41, 5.74) is 2.94. The lowest BCUT2D eigenvalue weighted by Crippen LogP contribution is -2.49. The number of hydrogen-bond acceptors (Lipinski definition) is 5. The van der Waals surface area contributed by atoms with Crippen LogP contribution in [-0.2, 0) is 0 Å². The number of carbonyl (C=O) groups excluding carboxylic acids is 1. The average Bonchev–Trinajstić information content (AvgIpc) is 3.10. The van der Waals surface area contributed by atoms with E-state index in [2.05, 4.69) is 40.4 Å². The van der Waals surface area contributed by atoms with E-state index in [0.29, 0.717) is 30.8 Å². The summed E-state index contributed by atoms with van der Waals surface area (Å²) < 4.78 is 7.55. The number of aryl methyl sites for hydroxylation is 2. The zero-order chi connectivity index (χ0) is 18.3. The first-order valence-corrected chi connectivity index (χ1v) is 8.77. The van der Waals surface area contributed by atoms with Crippen LogP contribution >= 0.6 is 0 Å². The van der Waals surface area contributed by atoms with Gasteiger partial charge in [-0.05, 0) is 47.7 Å². The Balaban J connectivity index is 1.84. The zero-order valence-corrected chi connectivity index (χ0v) is 15.9. The minimum Gasteiger partial charge on any atom is -0.346 e. The van der Waals surface area contributed by atoms with Gasteiger partial charge in [-0.1, -0.05) is 5.16 Å². The lowest BCUT2D eigenvalue weighted by molar-refractivity contribution is 0.0488. The van der Waals surface area contributed by atoms with E-state index in [1.807, 2.05) is 24.9 Å². The van der Waals surface area contributed by atoms with Crippen molar-refractivity contribution >= 4 is 5.91 Å². The Bertz CT molecular complexity index is 777. The highest BCUT2D eigenvalue weighted by Gasteiger charge is 2.33. The van der Waals surface area contributed by atoms with Crippen molar-refractivity contribution < 1.29 is 9.32 Å². The topological polar surface area (TPSA) is 67.4 Å². The highest BCUT2D eigenvalue weighted by molar-refractivity contribution is 5.95. The molecule has 1 amide bonds. The molecule has 0 radical (unpaired) electrons. The number of rotatable bonds is 3. The number of amides is 1. The first-order chi connectivity index (χ1) is 11.8. The minimum absolute atomic E-state index is 0.0625. The van der Waals surface area contributed by atoms with Gasteiger partial charge in [-0.3, -0.25) is 9.69 Å².